The lowest BCUT2D eigenvalue weighted by Gasteiger charge is -2.32. The van der Waals surface area contributed by atoms with Crippen molar-refractivity contribution in [3.63, 3.8) is 0 Å². The van der Waals surface area contributed by atoms with Crippen LogP contribution in [-0.4, -0.2) is 78.8 Å². The van der Waals surface area contributed by atoms with Gasteiger partial charge in [-0.05, 0) is 101 Å². The third kappa shape index (κ3) is 11.0. The van der Waals surface area contributed by atoms with Crippen LogP contribution in [0, 0.1) is 29.5 Å². The quantitative estimate of drug-likeness (QED) is 0.102. The zero-order chi connectivity index (χ0) is 51.5. The summed E-state index contributed by atoms with van der Waals surface area (Å²) in [5.41, 5.74) is -3.23. The highest BCUT2D eigenvalue weighted by molar-refractivity contribution is 6.36. The third-order valence-electron chi connectivity index (χ3n) is 12.4. The Morgan fingerprint density at radius 2 is 1.61 bits per heavy atom. The minimum Gasteiger partial charge on any atom is -0.497 e. The Morgan fingerprint density at radius 3 is 2.19 bits per heavy atom. The van der Waals surface area contributed by atoms with E-state index in [0.717, 1.165) is 11.1 Å². The molecule has 1 N–H and O–H groups in total. The molecule has 1 fully saturated rings. The summed E-state index contributed by atoms with van der Waals surface area (Å²) >= 11 is 7.21. The van der Waals surface area contributed by atoms with Gasteiger partial charge in [0.2, 0.25) is 0 Å². The zero-order valence-corrected chi connectivity index (χ0v) is 41.5. The minimum atomic E-state index is -5.05. The van der Waals surface area contributed by atoms with E-state index in [9.17, 15) is 10.1 Å². The van der Waals surface area contributed by atoms with Crippen molar-refractivity contribution < 1.29 is 50.8 Å². The second-order valence-electron chi connectivity index (χ2n) is 18.5. The van der Waals surface area contributed by atoms with Gasteiger partial charge in [0.05, 0.1) is 65.5 Å². The summed E-state index contributed by atoms with van der Waals surface area (Å²) in [7, 11) is 3.08. The molecule has 2 aliphatic rings. The minimum absolute atomic E-state index is 0.0477. The van der Waals surface area contributed by atoms with E-state index in [0.29, 0.717) is 43.1 Å². The number of benzene rings is 3. The maximum absolute atomic E-state index is 18.2. The van der Waals surface area contributed by atoms with Crippen LogP contribution in [0.25, 0.3) is 22.2 Å². The summed E-state index contributed by atoms with van der Waals surface area (Å²) in [6.45, 7) is 8.92. The summed E-state index contributed by atoms with van der Waals surface area (Å²) in [5, 5.41) is 12.5. The first-order valence-electron chi connectivity index (χ1n) is 23.1. The molecule has 3 aromatic heterocycles. The molecule has 2 aliphatic heterocycles. The highest BCUT2D eigenvalue weighted by Crippen LogP contribution is 2.51. The van der Waals surface area contributed by atoms with E-state index in [1.54, 1.807) is 88.1 Å². The first-order valence-corrected chi connectivity index (χ1v) is 23.5. The highest BCUT2D eigenvalue weighted by Gasteiger charge is 2.41. The standard InChI is InChI=1S/C52H53ClF4N8O7/c1-30-25-37(64(26-32-10-14-34(67-6)15-11-32)27-33-12-16-35(68-7)17-13-33)60-43(40(30)52(55,56)57)38-41(53)45-39-44(42(38)54)61-48(71-29-51(28-58)18-22-69-23-19-51)63-47(39)65(21-24-70-45)31(2)36-9-8-20-59-46(36)62-49(66)72-50(3,4)5/h8-17,20,25,31H,18-19,21-24,26-27,29H2,1-7H3,(H,59,62,66)/t31-/m1/s1. The van der Waals surface area contributed by atoms with Gasteiger partial charge < -0.3 is 38.2 Å². The monoisotopic (exact) mass is 1010 g/mol. The average Bonchev–Trinajstić information content (AvgIpc) is 3.54. The molecule has 1 saturated heterocycles. The number of pyridine rings is 2. The summed E-state index contributed by atoms with van der Waals surface area (Å²) in [6.07, 6.45) is -3.64. The molecular weight excluding hydrogens is 960 g/mol. The molecule has 0 bridgehead atoms. The number of amides is 1. The van der Waals surface area contributed by atoms with E-state index in [1.165, 1.54) is 19.2 Å². The second kappa shape index (κ2) is 20.9. The summed E-state index contributed by atoms with van der Waals surface area (Å²) in [5.74, 6) is 0.0635. The molecule has 0 unspecified atom stereocenters. The number of carbonyl (C=O) groups is 1. The van der Waals surface area contributed by atoms with Gasteiger partial charge in [-0.1, -0.05) is 41.9 Å². The molecular formula is C52H53ClF4N8O7. The fourth-order valence-corrected chi connectivity index (χ4v) is 9.06. The molecule has 1 atom stereocenters. The van der Waals surface area contributed by atoms with E-state index in [4.69, 9.17) is 45.0 Å². The van der Waals surface area contributed by atoms with Gasteiger partial charge in [-0.25, -0.2) is 19.2 Å². The number of nitrogens with one attached hydrogen (secondary N) is 1. The molecule has 0 aliphatic carbocycles. The molecule has 0 radical (unpaired) electrons. The lowest BCUT2D eigenvalue weighted by Crippen LogP contribution is -2.34. The number of aryl methyl sites for hydroxylation is 1. The van der Waals surface area contributed by atoms with Crippen molar-refractivity contribution in [1.82, 2.24) is 19.9 Å². The molecule has 3 aromatic carbocycles. The summed E-state index contributed by atoms with van der Waals surface area (Å²) < 4.78 is 99.1. The Bertz CT molecular complexity index is 2950. The van der Waals surface area contributed by atoms with Crippen molar-refractivity contribution in [1.29, 1.82) is 5.26 Å². The molecule has 5 heterocycles. The van der Waals surface area contributed by atoms with E-state index in [1.807, 2.05) is 24.3 Å². The van der Waals surface area contributed by atoms with Gasteiger partial charge in [-0.15, -0.1) is 0 Å². The van der Waals surface area contributed by atoms with Gasteiger partial charge in [-0.2, -0.15) is 28.4 Å². The van der Waals surface area contributed by atoms with Crippen LogP contribution in [-0.2, 0) is 28.7 Å². The van der Waals surface area contributed by atoms with E-state index in [-0.39, 0.29) is 73.0 Å². The average molecular weight is 1010 g/mol. The lowest BCUT2D eigenvalue weighted by molar-refractivity contribution is -0.137. The van der Waals surface area contributed by atoms with Crippen LogP contribution in [0.3, 0.4) is 0 Å². The van der Waals surface area contributed by atoms with E-state index < -0.39 is 62.5 Å². The van der Waals surface area contributed by atoms with Crippen LogP contribution in [0.4, 0.5) is 39.8 Å². The number of ether oxygens (including phenoxy) is 6. The molecule has 0 saturated carbocycles. The SMILES string of the molecule is COc1ccc(CN(Cc2ccc(OC)cc2)c2cc(C)c(C(F)(F)F)c(-c3c(Cl)c4c5c(nc(OCC6(C#N)CCOCC6)nc5c3F)N([C@H](C)c3cccnc3NC(=O)OC(C)(C)C)CCO4)n2)cc1. The van der Waals surface area contributed by atoms with Crippen LogP contribution in [0.15, 0.2) is 72.9 Å². The first kappa shape index (κ1) is 51.2. The Balaban J connectivity index is 1.32. The van der Waals surface area contributed by atoms with Gasteiger partial charge in [0, 0.05) is 38.1 Å². The number of hydrogen-bond acceptors (Lipinski definition) is 14. The topological polar surface area (TPSA) is 166 Å². The Hall–Kier alpha value is -7.17. The molecule has 6 aromatic rings. The van der Waals surface area contributed by atoms with Crippen LogP contribution in [0.5, 0.6) is 23.3 Å². The third-order valence-corrected chi connectivity index (χ3v) is 12.8. The summed E-state index contributed by atoms with van der Waals surface area (Å²) in [4.78, 5) is 35.0. The van der Waals surface area contributed by atoms with Crippen molar-refractivity contribution in [2.75, 3.05) is 62.3 Å². The van der Waals surface area contributed by atoms with Crippen LogP contribution >= 0.6 is 11.6 Å². The Labute approximate surface area is 419 Å². The summed E-state index contributed by atoms with van der Waals surface area (Å²) in [6, 6.07) is 20.4. The molecule has 15 nitrogen and oxygen atoms in total. The van der Waals surface area contributed by atoms with E-state index >= 15 is 17.6 Å². The number of methoxy groups -OCH3 is 2. The number of hydrogen-bond donors (Lipinski definition) is 1. The van der Waals surface area contributed by atoms with Crippen molar-refractivity contribution in [2.45, 2.75) is 78.4 Å². The molecule has 0 spiro atoms. The predicted molar refractivity (Wildman–Crippen MR) is 262 cm³/mol. The number of nitrogens with zero attached hydrogens (tertiary/aromatic N) is 7. The van der Waals surface area contributed by atoms with Crippen molar-refractivity contribution >= 4 is 46.1 Å². The second-order valence-corrected chi connectivity index (χ2v) is 18.9. The maximum atomic E-state index is 18.2. The first-order chi connectivity index (χ1) is 34.3. The van der Waals surface area contributed by atoms with Gasteiger partial charge in [-0.3, -0.25) is 5.32 Å². The Kier molecular flexibility index (Phi) is 14.9. The maximum Gasteiger partial charge on any atom is 0.418 e. The fourth-order valence-electron chi connectivity index (χ4n) is 8.74. The van der Waals surface area contributed by atoms with Gasteiger partial charge in [0.25, 0.3) is 0 Å². The number of alkyl halides is 3. The molecule has 1 amide bonds. The number of nitriles is 1. The van der Waals surface area contributed by atoms with Gasteiger partial charge >= 0.3 is 18.3 Å². The predicted octanol–water partition coefficient (Wildman–Crippen LogP) is 11.4. The number of anilines is 3. The number of carbonyl (C=O) groups excluding carboxylic acids is 1. The highest BCUT2D eigenvalue weighted by atomic mass is 35.5. The normalized spacial score (nSPS) is 14.9. The number of rotatable bonds is 14. The van der Waals surface area contributed by atoms with Crippen LogP contribution in [0.2, 0.25) is 5.02 Å². The van der Waals surface area contributed by atoms with Gasteiger partial charge in [0.15, 0.2) is 11.6 Å². The Morgan fingerprint density at radius 1 is 0.972 bits per heavy atom. The molecule has 72 heavy (non-hydrogen) atoms. The zero-order valence-electron chi connectivity index (χ0n) is 40.7. The molecule has 378 valence electrons. The van der Waals surface area contributed by atoms with Crippen LogP contribution < -0.4 is 34.1 Å². The largest absolute Gasteiger partial charge is 0.497 e. The molecule has 20 heteroatoms. The van der Waals surface area contributed by atoms with Crippen LogP contribution in [0.1, 0.15) is 74.4 Å². The number of halogens is 5. The van der Waals surface area contributed by atoms with Gasteiger partial charge in [0.1, 0.15) is 53.3 Å². The molecule has 8 rings (SSSR count). The van der Waals surface area contributed by atoms with Crippen molar-refractivity contribution in [2.24, 2.45) is 5.41 Å². The number of aromatic nitrogens is 4. The van der Waals surface area contributed by atoms with Crippen molar-refractivity contribution in [3.8, 4) is 40.6 Å². The smallest absolute Gasteiger partial charge is 0.418 e. The fraction of sp³-hybridized carbons (Fsp3) is 0.385. The van der Waals surface area contributed by atoms with Crippen molar-refractivity contribution in [3.05, 3.63) is 112 Å². The van der Waals surface area contributed by atoms with E-state index in [2.05, 4.69) is 26.3 Å². The lowest BCUT2D eigenvalue weighted by atomic mass is 9.83.